The molecule has 1 unspecified atom stereocenters. The number of benzene rings is 1. The van der Waals surface area contributed by atoms with Gasteiger partial charge in [-0.1, -0.05) is 23.7 Å². The lowest BCUT2D eigenvalue weighted by atomic mass is 9.91. The van der Waals surface area contributed by atoms with Gasteiger partial charge in [-0.2, -0.15) is 0 Å². The van der Waals surface area contributed by atoms with Crippen molar-refractivity contribution in [2.75, 3.05) is 0 Å². The van der Waals surface area contributed by atoms with E-state index >= 15 is 0 Å². The van der Waals surface area contributed by atoms with Crippen molar-refractivity contribution < 1.29 is 14.3 Å². The van der Waals surface area contributed by atoms with E-state index in [1.54, 1.807) is 12.1 Å². The molecule has 1 aromatic carbocycles. The van der Waals surface area contributed by atoms with E-state index in [0.29, 0.717) is 11.5 Å². The van der Waals surface area contributed by atoms with Crippen LogP contribution < -0.4 is 0 Å². The van der Waals surface area contributed by atoms with Gasteiger partial charge in [0.05, 0.1) is 11.4 Å². The van der Waals surface area contributed by atoms with E-state index in [0.717, 1.165) is 12.8 Å². The highest BCUT2D eigenvalue weighted by atomic mass is 35.5. The molecular formula is C12H12ClFO2. The zero-order valence-electron chi connectivity index (χ0n) is 8.62. The van der Waals surface area contributed by atoms with Crippen molar-refractivity contribution in [1.82, 2.24) is 0 Å². The predicted molar refractivity (Wildman–Crippen MR) is 59.1 cm³/mol. The molecule has 2 nitrogen and oxygen atoms in total. The number of carboxylic acids is 1. The summed E-state index contributed by atoms with van der Waals surface area (Å²) in [5, 5.41) is 8.92. The smallest absolute Gasteiger partial charge is 0.303 e. The summed E-state index contributed by atoms with van der Waals surface area (Å²) in [7, 11) is 0. The van der Waals surface area contributed by atoms with Crippen LogP contribution >= 0.6 is 11.6 Å². The Morgan fingerprint density at radius 2 is 2.25 bits per heavy atom. The van der Waals surface area contributed by atoms with Gasteiger partial charge in [0, 0.05) is 0 Å². The number of halogens is 2. The second-order valence-corrected chi connectivity index (χ2v) is 4.56. The number of carbonyl (C=O) groups is 1. The Labute approximate surface area is 98.0 Å². The molecule has 0 saturated heterocycles. The quantitative estimate of drug-likeness (QED) is 0.878. The first-order chi connectivity index (χ1) is 7.59. The van der Waals surface area contributed by atoms with Crippen LogP contribution in [0.3, 0.4) is 0 Å². The molecular weight excluding hydrogens is 231 g/mol. The fraction of sp³-hybridized carbons (Fsp3) is 0.417. The van der Waals surface area contributed by atoms with E-state index in [4.69, 9.17) is 16.7 Å². The zero-order valence-corrected chi connectivity index (χ0v) is 9.38. The summed E-state index contributed by atoms with van der Waals surface area (Å²) >= 11 is 5.88. The molecule has 2 rings (SSSR count). The minimum Gasteiger partial charge on any atom is -0.481 e. The molecule has 0 spiro atoms. The molecule has 1 aromatic rings. The van der Waals surface area contributed by atoms with Gasteiger partial charge >= 0.3 is 5.97 Å². The first-order valence-corrected chi connectivity index (χ1v) is 5.63. The summed E-state index contributed by atoms with van der Waals surface area (Å²) in [6.07, 6.45) is 2.03. The third-order valence-corrected chi connectivity index (χ3v) is 3.37. The summed E-state index contributed by atoms with van der Waals surface area (Å²) < 4.78 is 13.3. The van der Waals surface area contributed by atoms with Crippen LogP contribution in [-0.2, 0) is 4.79 Å². The number of hydrogen-bond acceptors (Lipinski definition) is 1. The van der Waals surface area contributed by atoms with E-state index in [9.17, 15) is 9.18 Å². The molecule has 0 heterocycles. The van der Waals surface area contributed by atoms with Crippen LogP contribution in [0.15, 0.2) is 18.2 Å². The van der Waals surface area contributed by atoms with Gasteiger partial charge in [0.25, 0.3) is 0 Å². The van der Waals surface area contributed by atoms with Crippen LogP contribution in [-0.4, -0.2) is 11.1 Å². The number of rotatable bonds is 4. The van der Waals surface area contributed by atoms with Crippen molar-refractivity contribution >= 4 is 17.6 Å². The first-order valence-electron chi connectivity index (χ1n) is 5.25. The summed E-state index contributed by atoms with van der Waals surface area (Å²) in [6.45, 7) is 0. The molecule has 1 atom stereocenters. The molecule has 4 heteroatoms. The van der Waals surface area contributed by atoms with Crippen molar-refractivity contribution in [3.63, 3.8) is 0 Å². The maximum Gasteiger partial charge on any atom is 0.303 e. The lowest BCUT2D eigenvalue weighted by Crippen LogP contribution is -2.09. The minimum absolute atomic E-state index is 0.0217. The standard InChI is InChI=1S/C12H12ClFO2/c13-12-8(2-1-3-10(12)14)9(6-11(15)16)7-4-5-7/h1-3,7,9H,4-6H2,(H,15,16). The average molecular weight is 243 g/mol. The molecule has 86 valence electrons. The number of aliphatic carboxylic acids is 1. The maximum absolute atomic E-state index is 13.3. The summed E-state index contributed by atoms with van der Waals surface area (Å²) in [5.41, 5.74) is 0.631. The predicted octanol–water partition coefficient (Wildman–Crippen LogP) is 3.45. The van der Waals surface area contributed by atoms with Crippen LogP contribution in [0, 0.1) is 11.7 Å². The van der Waals surface area contributed by atoms with Gasteiger partial charge in [-0.25, -0.2) is 4.39 Å². The summed E-state index contributed by atoms with van der Waals surface area (Å²) in [4.78, 5) is 10.8. The fourth-order valence-corrected chi connectivity index (χ4v) is 2.29. The minimum atomic E-state index is -0.864. The maximum atomic E-state index is 13.3. The molecule has 0 bridgehead atoms. The van der Waals surface area contributed by atoms with Gasteiger partial charge in [0.1, 0.15) is 5.82 Å². The number of hydrogen-bond donors (Lipinski definition) is 1. The monoisotopic (exact) mass is 242 g/mol. The summed E-state index contributed by atoms with van der Waals surface area (Å²) in [6, 6.07) is 4.58. The Kier molecular flexibility index (Phi) is 3.15. The van der Waals surface area contributed by atoms with Crippen LogP contribution in [0.1, 0.15) is 30.7 Å². The highest BCUT2D eigenvalue weighted by Gasteiger charge is 2.35. The van der Waals surface area contributed by atoms with Crippen LogP contribution in [0.25, 0.3) is 0 Å². The van der Waals surface area contributed by atoms with Crippen molar-refractivity contribution in [3.05, 3.63) is 34.6 Å². The van der Waals surface area contributed by atoms with E-state index in [2.05, 4.69) is 0 Å². The second kappa shape index (κ2) is 4.42. The Balaban J connectivity index is 2.30. The highest BCUT2D eigenvalue weighted by molar-refractivity contribution is 6.31. The van der Waals surface area contributed by atoms with Crippen molar-refractivity contribution in [3.8, 4) is 0 Å². The van der Waals surface area contributed by atoms with Crippen LogP contribution in [0.5, 0.6) is 0 Å². The fourth-order valence-electron chi connectivity index (χ4n) is 2.02. The molecule has 1 aliphatic rings. The van der Waals surface area contributed by atoms with Crippen LogP contribution in [0.2, 0.25) is 5.02 Å². The molecule has 0 amide bonds. The van der Waals surface area contributed by atoms with Gasteiger partial charge in [-0.3, -0.25) is 4.79 Å². The molecule has 16 heavy (non-hydrogen) atoms. The van der Waals surface area contributed by atoms with E-state index in [1.165, 1.54) is 6.07 Å². The molecule has 1 N–H and O–H groups in total. The van der Waals surface area contributed by atoms with Gasteiger partial charge in [-0.15, -0.1) is 0 Å². The van der Waals surface area contributed by atoms with Crippen molar-refractivity contribution in [1.29, 1.82) is 0 Å². The second-order valence-electron chi connectivity index (χ2n) is 4.18. The zero-order chi connectivity index (χ0) is 11.7. The molecule has 0 aromatic heterocycles. The van der Waals surface area contributed by atoms with Crippen molar-refractivity contribution in [2.24, 2.45) is 5.92 Å². The lowest BCUT2D eigenvalue weighted by Gasteiger charge is -2.16. The van der Waals surface area contributed by atoms with Gasteiger partial charge in [0.15, 0.2) is 0 Å². The molecule has 1 saturated carbocycles. The largest absolute Gasteiger partial charge is 0.481 e. The molecule has 1 aliphatic carbocycles. The van der Waals surface area contributed by atoms with E-state index in [1.807, 2.05) is 0 Å². The average Bonchev–Trinajstić information content (AvgIpc) is 3.02. The summed E-state index contributed by atoms with van der Waals surface area (Å²) in [5.74, 6) is -1.15. The van der Waals surface area contributed by atoms with Crippen LogP contribution in [0.4, 0.5) is 4.39 Å². The Morgan fingerprint density at radius 3 is 2.81 bits per heavy atom. The number of carboxylic acid groups (broad SMARTS) is 1. The molecule has 1 fully saturated rings. The van der Waals surface area contributed by atoms with E-state index < -0.39 is 11.8 Å². The highest BCUT2D eigenvalue weighted by Crippen LogP contribution is 2.46. The molecule has 0 aliphatic heterocycles. The third kappa shape index (κ3) is 2.35. The Bertz CT molecular complexity index is 415. The van der Waals surface area contributed by atoms with Crippen molar-refractivity contribution in [2.45, 2.75) is 25.2 Å². The first kappa shape index (κ1) is 11.4. The third-order valence-electron chi connectivity index (χ3n) is 2.97. The Morgan fingerprint density at radius 1 is 1.56 bits per heavy atom. The lowest BCUT2D eigenvalue weighted by molar-refractivity contribution is -0.137. The van der Waals surface area contributed by atoms with Gasteiger partial charge in [0.2, 0.25) is 0 Å². The van der Waals surface area contributed by atoms with Gasteiger partial charge in [-0.05, 0) is 36.3 Å². The van der Waals surface area contributed by atoms with Gasteiger partial charge < -0.3 is 5.11 Å². The molecule has 0 radical (unpaired) electrons. The topological polar surface area (TPSA) is 37.3 Å². The normalized spacial score (nSPS) is 17.1. The van der Waals surface area contributed by atoms with E-state index in [-0.39, 0.29) is 17.4 Å². The SMILES string of the molecule is O=C(O)CC(c1cccc(F)c1Cl)C1CC1. The Hall–Kier alpha value is -1.09.